The van der Waals surface area contributed by atoms with Crippen molar-refractivity contribution >= 4 is 17.2 Å². The zero-order valence-electron chi connectivity index (χ0n) is 11.8. The molecule has 4 heterocycles. The molecule has 3 aromatic rings. The molecule has 0 fully saturated rings. The number of rotatable bonds is 2. The number of nitrogens with one attached hydrogen (secondary N) is 1. The van der Waals surface area contributed by atoms with Crippen molar-refractivity contribution in [1.29, 1.82) is 0 Å². The molecular weight excluding hydrogens is 280 g/mol. The molecule has 1 atom stereocenters. The lowest BCUT2D eigenvalue weighted by molar-refractivity contribution is 0.484. The van der Waals surface area contributed by atoms with Crippen LogP contribution >= 0.6 is 11.3 Å². The van der Waals surface area contributed by atoms with Crippen LogP contribution in [-0.4, -0.2) is 21.3 Å². The number of pyridine rings is 1. The first-order valence-corrected chi connectivity index (χ1v) is 8.04. The summed E-state index contributed by atoms with van der Waals surface area (Å²) in [6.45, 7) is 3.13. The van der Waals surface area contributed by atoms with Crippen molar-refractivity contribution in [1.82, 2.24) is 14.8 Å². The van der Waals surface area contributed by atoms with E-state index in [9.17, 15) is 0 Å². The predicted octanol–water partition coefficient (Wildman–Crippen LogP) is 3.72. The molecule has 5 heteroatoms. The Labute approximate surface area is 127 Å². The first-order chi connectivity index (χ1) is 10.3. The van der Waals surface area contributed by atoms with Gasteiger partial charge in [-0.05, 0) is 47.9 Å². The molecule has 0 radical (unpaired) electrons. The van der Waals surface area contributed by atoms with Crippen LogP contribution < -0.4 is 5.32 Å². The topological polar surface area (TPSA) is 42.7 Å². The van der Waals surface area contributed by atoms with Gasteiger partial charge in [-0.1, -0.05) is 0 Å². The zero-order chi connectivity index (χ0) is 14.2. The Morgan fingerprint density at radius 1 is 1.29 bits per heavy atom. The molecule has 0 aliphatic carbocycles. The van der Waals surface area contributed by atoms with Crippen LogP contribution in [0.1, 0.15) is 23.6 Å². The molecule has 0 amide bonds. The lowest BCUT2D eigenvalue weighted by atomic mass is 10.1. The number of anilines is 1. The Morgan fingerprint density at radius 3 is 2.90 bits per heavy atom. The van der Waals surface area contributed by atoms with E-state index in [1.807, 2.05) is 24.5 Å². The maximum atomic E-state index is 4.89. The maximum Gasteiger partial charge on any atom is 0.128 e. The summed E-state index contributed by atoms with van der Waals surface area (Å²) in [7, 11) is 0. The van der Waals surface area contributed by atoms with Crippen molar-refractivity contribution in [2.75, 3.05) is 11.9 Å². The van der Waals surface area contributed by atoms with Gasteiger partial charge in [-0.15, -0.1) is 0 Å². The number of fused-ring (bicyclic) bond motifs is 1. The second-order valence-corrected chi connectivity index (χ2v) is 6.07. The minimum atomic E-state index is 0.335. The molecule has 0 bridgehead atoms. The third-order valence-corrected chi connectivity index (χ3v) is 4.74. The average Bonchev–Trinajstić information content (AvgIpc) is 3.17. The summed E-state index contributed by atoms with van der Waals surface area (Å²) in [6, 6.07) is 6.57. The molecule has 1 N–H and O–H groups in total. The Hall–Kier alpha value is -2.14. The van der Waals surface area contributed by atoms with Crippen LogP contribution in [0.2, 0.25) is 0 Å². The molecule has 1 aliphatic heterocycles. The average molecular weight is 296 g/mol. The Morgan fingerprint density at radius 2 is 2.14 bits per heavy atom. The fourth-order valence-electron chi connectivity index (χ4n) is 2.96. The van der Waals surface area contributed by atoms with E-state index < -0.39 is 0 Å². The lowest BCUT2D eigenvalue weighted by Gasteiger charge is -2.25. The summed E-state index contributed by atoms with van der Waals surface area (Å²) in [5.74, 6) is 1.14. The molecule has 3 aromatic heterocycles. The maximum absolute atomic E-state index is 4.89. The summed E-state index contributed by atoms with van der Waals surface area (Å²) in [4.78, 5) is 4.09. The fourth-order valence-corrected chi connectivity index (χ4v) is 3.67. The highest BCUT2D eigenvalue weighted by Crippen LogP contribution is 2.36. The van der Waals surface area contributed by atoms with Gasteiger partial charge in [-0.2, -0.15) is 16.4 Å². The molecule has 106 valence electrons. The highest BCUT2D eigenvalue weighted by Gasteiger charge is 2.26. The van der Waals surface area contributed by atoms with Crippen LogP contribution in [0.4, 0.5) is 5.82 Å². The predicted molar refractivity (Wildman–Crippen MR) is 85.8 cm³/mol. The molecular formula is C16H16N4S. The SMILES string of the molecule is Cc1c(-c2ccncc2)nn2c1NCCC2c1ccsc1. The van der Waals surface area contributed by atoms with Crippen LogP contribution in [0.25, 0.3) is 11.3 Å². The van der Waals surface area contributed by atoms with Crippen molar-refractivity contribution in [3.63, 3.8) is 0 Å². The van der Waals surface area contributed by atoms with Gasteiger partial charge in [0.1, 0.15) is 5.82 Å². The van der Waals surface area contributed by atoms with Crippen molar-refractivity contribution in [3.8, 4) is 11.3 Å². The van der Waals surface area contributed by atoms with Gasteiger partial charge in [0.05, 0.1) is 11.7 Å². The summed E-state index contributed by atoms with van der Waals surface area (Å²) < 4.78 is 2.15. The molecule has 0 spiro atoms. The van der Waals surface area contributed by atoms with Gasteiger partial charge in [0.25, 0.3) is 0 Å². The van der Waals surface area contributed by atoms with Gasteiger partial charge < -0.3 is 5.32 Å². The quantitative estimate of drug-likeness (QED) is 0.783. The normalized spacial score (nSPS) is 17.3. The zero-order valence-corrected chi connectivity index (χ0v) is 12.6. The van der Waals surface area contributed by atoms with E-state index in [0.29, 0.717) is 6.04 Å². The summed E-state index contributed by atoms with van der Waals surface area (Å²) in [5, 5.41) is 12.8. The molecule has 0 aromatic carbocycles. The minimum absolute atomic E-state index is 0.335. The van der Waals surface area contributed by atoms with Crippen molar-refractivity contribution in [2.24, 2.45) is 0 Å². The van der Waals surface area contributed by atoms with E-state index in [4.69, 9.17) is 5.10 Å². The first-order valence-electron chi connectivity index (χ1n) is 7.10. The number of thiophene rings is 1. The van der Waals surface area contributed by atoms with E-state index in [2.05, 4.69) is 38.7 Å². The molecule has 21 heavy (non-hydrogen) atoms. The second-order valence-electron chi connectivity index (χ2n) is 5.29. The molecule has 1 aliphatic rings. The van der Waals surface area contributed by atoms with E-state index in [-0.39, 0.29) is 0 Å². The molecule has 4 nitrogen and oxygen atoms in total. The van der Waals surface area contributed by atoms with Gasteiger partial charge >= 0.3 is 0 Å². The fraction of sp³-hybridized carbons (Fsp3) is 0.250. The number of aromatic nitrogens is 3. The van der Waals surface area contributed by atoms with Crippen LogP contribution in [0, 0.1) is 6.92 Å². The van der Waals surface area contributed by atoms with E-state index in [1.165, 1.54) is 11.1 Å². The first kappa shape index (κ1) is 12.6. The smallest absolute Gasteiger partial charge is 0.128 e. The van der Waals surface area contributed by atoms with Gasteiger partial charge in [0, 0.05) is 30.1 Å². The summed E-state index contributed by atoms with van der Waals surface area (Å²) in [6.07, 6.45) is 4.70. The summed E-state index contributed by atoms with van der Waals surface area (Å²) >= 11 is 1.75. The van der Waals surface area contributed by atoms with E-state index in [0.717, 1.165) is 30.0 Å². The number of hydrogen-bond acceptors (Lipinski definition) is 4. The Balaban J connectivity index is 1.84. The van der Waals surface area contributed by atoms with Gasteiger partial charge in [0.2, 0.25) is 0 Å². The largest absolute Gasteiger partial charge is 0.370 e. The van der Waals surface area contributed by atoms with Crippen molar-refractivity contribution < 1.29 is 0 Å². The monoisotopic (exact) mass is 296 g/mol. The van der Waals surface area contributed by atoms with Gasteiger partial charge in [-0.3, -0.25) is 4.98 Å². The van der Waals surface area contributed by atoms with Gasteiger partial charge in [-0.25, -0.2) is 4.68 Å². The molecule has 1 unspecified atom stereocenters. The van der Waals surface area contributed by atoms with E-state index >= 15 is 0 Å². The highest BCUT2D eigenvalue weighted by molar-refractivity contribution is 7.07. The van der Waals surface area contributed by atoms with Gasteiger partial charge in [0.15, 0.2) is 0 Å². The number of nitrogens with zero attached hydrogens (tertiary/aromatic N) is 3. The van der Waals surface area contributed by atoms with Crippen LogP contribution in [-0.2, 0) is 0 Å². The highest BCUT2D eigenvalue weighted by atomic mass is 32.1. The third kappa shape index (κ3) is 2.05. The third-order valence-electron chi connectivity index (χ3n) is 4.03. The van der Waals surface area contributed by atoms with E-state index in [1.54, 1.807) is 11.3 Å². The van der Waals surface area contributed by atoms with Crippen LogP contribution in [0.3, 0.4) is 0 Å². The summed E-state index contributed by atoms with van der Waals surface area (Å²) in [5.41, 5.74) is 4.73. The molecule has 4 rings (SSSR count). The number of hydrogen-bond donors (Lipinski definition) is 1. The van der Waals surface area contributed by atoms with Crippen LogP contribution in [0.15, 0.2) is 41.4 Å². The lowest BCUT2D eigenvalue weighted by Crippen LogP contribution is -2.24. The van der Waals surface area contributed by atoms with Crippen molar-refractivity contribution in [2.45, 2.75) is 19.4 Å². The Bertz CT molecular complexity index is 746. The standard InChI is InChI=1S/C16H16N4S/c1-11-15(12-2-6-17-7-3-12)19-20-14(4-8-18-16(11)20)13-5-9-21-10-13/h2-3,5-7,9-10,14,18H,4,8H2,1H3. The molecule has 0 saturated carbocycles. The Kier molecular flexibility index (Phi) is 3.00. The molecule has 0 saturated heterocycles. The second kappa shape index (κ2) is 5.00. The minimum Gasteiger partial charge on any atom is -0.370 e. The van der Waals surface area contributed by atoms with Crippen molar-refractivity contribution in [3.05, 3.63) is 52.5 Å². The van der Waals surface area contributed by atoms with Crippen LogP contribution in [0.5, 0.6) is 0 Å².